The van der Waals surface area contributed by atoms with E-state index in [4.69, 9.17) is 0 Å². The predicted molar refractivity (Wildman–Crippen MR) is 69.0 cm³/mol. The molecule has 1 aliphatic rings. The van der Waals surface area contributed by atoms with Gasteiger partial charge in [-0.1, -0.05) is 59.8 Å². The van der Waals surface area contributed by atoms with Gasteiger partial charge in [0.2, 0.25) is 0 Å². The number of rotatable bonds is 5. The van der Waals surface area contributed by atoms with Crippen LogP contribution in [0.15, 0.2) is 0 Å². The lowest BCUT2D eigenvalue weighted by atomic mass is 9.74. The fourth-order valence-corrected chi connectivity index (χ4v) is 3.00. The quantitative estimate of drug-likeness (QED) is 0.579. The first kappa shape index (κ1) is 13.1. The molecule has 0 N–H and O–H groups in total. The van der Waals surface area contributed by atoms with E-state index in [1.807, 2.05) is 0 Å². The van der Waals surface area contributed by atoms with Crippen molar-refractivity contribution in [2.75, 3.05) is 0 Å². The summed E-state index contributed by atoms with van der Waals surface area (Å²) in [7, 11) is 0. The Morgan fingerprint density at radius 3 is 2.00 bits per heavy atom. The second-order valence-corrected chi connectivity index (χ2v) is 6.14. The highest BCUT2D eigenvalue weighted by Crippen LogP contribution is 2.36. The predicted octanol–water partition coefficient (Wildman–Crippen LogP) is 5.28. The van der Waals surface area contributed by atoms with E-state index in [0.717, 1.165) is 23.7 Å². The van der Waals surface area contributed by atoms with Crippen molar-refractivity contribution < 1.29 is 0 Å². The molecule has 1 aliphatic carbocycles. The molecule has 0 amide bonds. The van der Waals surface area contributed by atoms with E-state index in [9.17, 15) is 0 Å². The summed E-state index contributed by atoms with van der Waals surface area (Å²) in [5.74, 6) is 3.97. The fraction of sp³-hybridized carbons (Fsp3) is 1.00. The Kier molecular flexibility index (Phi) is 5.71. The van der Waals surface area contributed by atoms with Crippen LogP contribution >= 0.6 is 0 Å². The molecule has 15 heavy (non-hydrogen) atoms. The van der Waals surface area contributed by atoms with Gasteiger partial charge >= 0.3 is 0 Å². The highest BCUT2D eigenvalue weighted by atomic mass is 14.3. The van der Waals surface area contributed by atoms with Crippen molar-refractivity contribution in [2.24, 2.45) is 23.7 Å². The molecule has 0 nitrogen and oxygen atoms in total. The molecular weight excluding hydrogens is 180 g/mol. The maximum atomic E-state index is 2.49. The Labute approximate surface area is 96.8 Å². The fourth-order valence-electron chi connectivity index (χ4n) is 3.00. The van der Waals surface area contributed by atoms with E-state index < -0.39 is 0 Å². The summed E-state index contributed by atoms with van der Waals surface area (Å²) in [6, 6.07) is 0. The lowest BCUT2D eigenvalue weighted by molar-refractivity contribution is 0.198. The van der Waals surface area contributed by atoms with Crippen LogP contribution in [0.4, 0.5) is 0 Å². The van der Waals surface area contributed by atoms with Crippen molar-refractivity contribution in [3.8, 4) is 0 Å². The Bertz CT molecular complexity index is 151. The van der Waals surface area contributed by atoms with Crippen molar-refractivity contribution in [1.29, 1.82) is 0 Å². The summed E-state index contributed by atoms with van der Waals surface area (Å²) in [6.07, 6.45) is 10.3. The smallest absolute Gasteiger partial charge is 0.0388 e. The minimum Gasteiger partial charge on any atom is -0.0651 e. The van der Waals surface area contributed by atoms with Gasteiger partial charge in [-0.2, -0.15) is 0 Å². The van der Waals surface area contributed by atoms with E-state index in [0.29, 0.717) is 0 Å². The normalized spacial score (nSPS) is 29.4. The molecule has 0 aliphatic heterocycles. The molecule has 0 heterocycles. The third-order valence-corrected chi connectivity index (χ3v) is 4.47. The standard InChI is InChI=1S/C15H30/c1-5-14-8-10-15(11-9-14)13(4)7-6-12(2)3/h12-15H,5-11H2,1-4H3. The summed E-state index contributed by atoms with van der Waals surface area (Å²) < 4.78 is 0. The van der Waals surface area contributed by atoms with Crippen molar-refractivity contribution in [2.45, 2.75) is 72.6 Å². The van der Waals surface area contributed by atoms with E-state index in [2.05, 4.69) is 27.7 Å². The van der Waals surface area contributed by atoms with Crippen LogP contribution < -0.4 is 0 Å². The summed E-state index contributed by atoms with van der Waals surface area (Å²) in [5, 5.41) is 0. The van der Waals surface area contributed by atoms with Crippen LogP contribution in [0, 0.1) is 23.7 Å². The van der Waals surface area contributed by atoms with Crippen LogP contribution in [0.25, 0.3) is 0 Å². The molecule has 1 unspecified atom stereocenters. The molecule has 0 bridgehead atoms. The Hall–Kier alpha value is 0. The third-order valence-electron chi connectivity index (χ3n) is 4.47. The van der Waals surface area contributed by atoms with E-state index in [1.54, 1.807) is 0 Å². The molecule has 0 radical (unpaired) electrons. The Balaban J connectivity index is 2.20. The SMILES string of the molecule is CCC1CCC(C(C)CCC(C)C)CC1. The first-order valence-corrected chi connectivity index (χ1v) is 7.13. The van der Waals surface area contributed by atoms with Gasteiger partial charge in [0.25, 0.3) is 0 Å². The Morgan fingerprint density at radius 1 is 0.933 bits per heavy atom. The van der Waals surface area contributed by atoms with Gasteiger partial charge in [-0.05, 0) is 36.5 Å². The summed E-state index contributed by atoms with van der Waals surface area (Å²) in [6.45, 7) is 9.54. The molecule has 0 aromatic heterocycles. The van der Waals surface area contributed by atoms with E-state index in [1.165, 1.54) is 44.9 Å². The van der Waals surface area contributed by atoms with Crippen LogP contribution in [0.5, 0.6) is 0 Å². The van der Waals surface area contributed by atoms with Gasteiger partial charge in [-0.15, -0.1) is 0 Å². The van der Waals surface area contributed by atoms with Crippen molar-refractivity contribution in [3.63, 3.8) is 0 Å². The zero-order valence-corrected chi connectivity index (χ0v) is 11.3. The Morgan fingerprint density at radius 2 is 1.53 bits per heavy atom. The zero-order valence-electron chi connectivity index (χ0n) is 11.3. The van der Waals surface area contributed by atoms with Crippen molar-refractivity contribution in [3.05, 3.63) is 0 Å². The van der Waals surface area contributed by atoms with Gasteiger partial charge in [0, 0.05) is 0 Å². The second kappa shape index (κ2) is 6.55. The minimum atomic E-state index is 0.888. The van der Waals surface area contributed by atoms with Crippen molar-refractivity contribution >= 4 is 0 Å². The first-order chi connectivity index (χ1) is 7.13. The molecule has 0 spiro atoms. The van der Waals surface area contributed by atoms with Crippen LogP contribution in [0.2, 0.25) is 0 Å². The largest absolute Gasteiger partial charge is 0.0651 e. The number of hydrogen-bond donors (Lipinski definition) is 0. The highest BCUT2D eigenvalue weighted by Gasteiger charge is 2.24. The summed E-state index contributed by atoms with van der Waals surface area (Å²) in [5.41, 5.74) is 0. The maximum Gasteiger partial charge on any atom is -0.0388 e. The summed E-state index contributed by atoms with van der Waals surface area (Å²) >= 11 is 0. The van der Waals surface area contributed by atoms with Gasteiger partial charge in [0.1, 0.15) is 0 Å². The topological polar surface area (TPSA) is 0 Å². The van der Waals surface area contributed by atoms with Gasteiger partial charge in [-0.3, -0.25) is 0 Å². The zero-order chi connectivity index (χ0) is 11.3. The van der Waals surface area contributed by atoms with Crippen molar-refractivity contribution in [1.82, 2.24) is 0 Å². The first-order valence-electron chi connectivity index (χ1n) is 7.13. The average Bonchev–Trinajstić information content (AvgIpc) is 2.26. The minimum absolute atomic E-state index is 0.888. The molecule has 1 fully saturated rings. The summed E-state index contributed by atoms with van der Waals surface area (Å²) in [4.78, 5) is 0. The van der Waals surface area contributed by atoms with Gasteiger partial charge < -0.3 is 0 Å². The van der Waals surface area contributed by atoms with Crippen LogP contribution in [-0.4, -0.2) is 0 Å². The third kappa shape index (κ3) is 4.57. The number of hydrogen-bond acceptors (Lipinski definition) is 0. The molecule has 0 aromatic rings. The molecule has 1 atom stereocenters. The monoisotopic (exact) mass is 210 g/mol. The van der Waals surface area contributed by atoms with Gasteiger partial charge in [-0.25, -0.2) is 0 Å². The molecule has 1 saturated carbocycles. The average molecular weight is 210 g/mol. The molecule has 90 valence electrons. The lowest BCUT2D eigenvalue weighted by Crippen LogP contribution is -2.20. The maximum absolute atomic E-state index is 2.49. The highest BCUT2D eigenvalue weighted by molar-refractivity contribution is 4.75. The molecular formula is C15H30. The van der Waals surface area contributed by atoms with Crippen LogP contribution in [0.3, 0.4) is 0 Å². The molecule has 1 rings (SSSR count). The van der Waals surface area contributed by atoms with E-state index >= 15 is 0 Å². The second-order valence-electron chi connectivity index (χ2n) is 6.14. The van der Waals surface area contributed by atoms with Crippen LogP contribution in [0.1, 0.15) is 72.6 Å². The lowest BCUT2D eigenvalue weighted by Gasteiger charge is -2.32. The van der Waals surface area contributed by atoms with E-state index in [-0.39, 0.29) is 0 Å². The molecule has 0 heteroatoms. The van der Waals surface area contributed by atoms with Gasteiger partial charge in [0.15, 0.2) is 0 Å². The molecule has 0 saturated heterocycles. The molecule has 0 aromatic carbocycles. The van der Waals surface area contributed by atoms with Crippen LogP contribution in [-0.2, 0) is 0 Å². The van der Waals surface area contributed by atoms with Gasteiger partial charge in [0.05, 0.1) is 0 Å².